The van der Waals surface area contributed by atoms with Crippen LogP contribution in [0.1, 0.15) is 52.4 Å². The lowest BCUT2D eigenvalue weighted by atomic mass is 10.1. The molecule has 0 rings (SSSR count). The number of hydrogen-bond acceptors (Lipinski definition) is 7. The van der Waals surface area contributed by atoms with Gasteiger partial charge >= 0.3 is 18.0 Å². The van der Waals surface area contributed by atoms with Crippen molar-refractivity contribution in [3.8, 4) is 0 Å². The molecule has 0 aromatic carbocycles. The molecule has 146 valence electrons. The topological polar surface area (TPSA) is 111 Å². The second-order valence-corrected chi connectivity index (χ2v) is 6.06. The Balaban J connectivity index is 3.49. The molecule has 0 spiro atoms. The first kappa shape index (κ1) is 23.2. The molecule has 0 aromatic heterocycles. The number of aliphatic hydroxyl groups is 1. The quantitative estimate of drug-likeness (QED) is 0.292. The van der Waals surface area contributed by atoms with E-state index < -0.39 is 18.2 Å². The summed E-state index contributed by atoms with van der Waals surface area (Å²) in [4.78, 5) is 33.6. The molecule has 0 radical (unpaired) electrons. The smallest absolute Gasteiger partial charge is 0.406 e. The lowest BCUT2D eigenvalue weighted by Crippen LogP contribution is -2.26. The molecule has 0 saturated heterocycles. The molecule has 1 amide bonds. The van der Waals surface area contributed by atoms with Gasteiger partial charge in [-0.3, -0.25) is 9.59 Å². The van der Waals surface area contributed by atoms with Gasteiger partial charge in [0.15, 0.2) is 0 Å². The Labute approximate surface area is 149 Å². The van der Waals surface area contributed by atoms with Gasteiger partial charge in [0.25, 0.3) is 0 Å². The van der Waals surface area contributed by atoms with Crippen LogP contribution in [0, 0.1) is 5.92 Å². The highest BCUT2D eigenvalue weighted by atomic mass is 16.6. The third-order valence-electron chi connectivity index (χ3n) is 3.34. The highest BCUT2D eigenvalue weighted by Gasteiger charge is 2.13. The summed E-state index contributed by atoms with van der Waals surface area (Å²) in [6.45, 7) is 3.62. The number of alkyl carbamates (subject to hydrolysis) is 1. The molecule has 0 aliphatic carbocycles. The zero-order valence-corrected chi connectivity index (χ0v) is 15.4. The van der Waals surface area contributed by atoms with Crippen molar-refractivity contribution in [2.75, 3.05) is 26.9 Å². The molecular weight excluding hydrogens is 330 g/mol. The van der Waals surface area contributed by atoms with Crippen molar-refractivity contribution < 1.29 is 33.7 Å². The van der Waals surface area contributed by atoms with E-state index in [1.807, 2.05) is 0 Å². The van der Waals surface area contributed by atoms with Gasteiger partial charge < -0.3 is 24.6 Å². The van der Waals surface area contributed by atoms with Crippen molar-refractivity contribution >= 4 is 18.0 Å². The van der Waals surface area contributed by atoms with Crippen LogP contribution in [0.25, 0.3) is 0 Å². The fraction of sp³-hybridized carbons (Fsp3) is 0.824. The zero-order chi connectivity index (χ0) is 19.1. The number of carbonyl (C=O) groups excluding carboxylic acids is 3. The van der Waals surface area contributed by atoms with Crippen LogP contribution in [0.2, 0.25) is 0 Å². The lowest BCUT2D eigenvalue weighted by molar-refractivity contribution is -0.154. The summed E-state index contributed by atoms with van der Waals surface area (Å²) < 4.78 is 14.2. The fourth-order valence-electron chi connectivity index (χ4n) is 1.84. The predicted octanol–water partition coefficient (Wildman–Crippen LogP) is 1.79. The predicted molar refractivity (Wildman–Crippen MR) is 90.9 cm³/mol. The summed E-state index contributed by atoms with van der Waals surface area (Å²) in [6.07, 6.45) is 3.24. The van der Waals surface area contributed by atoms with Crippen molar-refractivity contribution in [2.45, 2.75) is 58.5 Å². The molecule has 8 heteroatoms. The first-order valence-corrected chi connectivity index (χ1v) is 8.69. The van der Waals surface area contributed by atoms with Crippen molar-refractivity contribution in [3.05, 3.63) is 0 Å². The monoisotopic (exact) mass is 361 g/mol. The first-order valence-electron chi connectivity index (χ1n) is 8.69. The van der Waals surface area contributed by atoms with Crippen LogP contribution in [0.3, 0.4) is 0 Å². The number of rotatable bonds is 13. The molecule has 8 nitrogen and oxygen atoms in total. The van der Waals surface area contributed by atoms with E-state index in [1.165, 1.54) is 7.11 Å². The zero-order valence-electron chi connectivity index (χ0n) is 15.4. The highest BCUT2D eigenvalue weighted by molar-refractivity contribution is 5.71. The van der Waals surface area contributed by atoms with Gasteiger partial charge in [-0.25, -0.2) is 4.79 Å². The van der Waals surface area contributed by atoms with Gasteiger partial charge in [-0.1, -0.05) is 33.1 Å². The number of ether oxygens (including phenoxy) is 3. The van der Waals surface area contributed by atoms with Crippen molar-refractivity contribution in [2.24, 2.45) is 5.92 Å². The molecule has 0 aliphatic rings. The second-order valence-electron chi connectivity index (χ2n) is 6.06. The van der Waals surface area contributed by atoms with Gasteiger partial charge in [0.05, 0.1) is 13.0 Å². The van der Waals surface area contributed by atoms with Crippen LogP contribution in [0.4, 0.5) is 4.79 Å². The molecule has 1 atom stereocenters. The Morgan fingerprint density at radius 3 is 2.20 bits per heavy atom. The first-order chi connectivity index (χ1) is 11.9. The molecule has 1 unspecified atom stereocenters. The van der Waals surface area contributed by atoms with Crippen molar-refractivity contribution in [1.29, 1.82) is 0 Å². The number of unbranched alkanes of at least 4 members (excludes halogenated alkanes) is 4. The van der Waals surface area contributed by atoms with Crippen LogP contribution in [0.15, 0.2) is 0 Å². The Morgan fingerprint density at radius 2 is 1.56 bits per heavy atom. The van der Waals surface area contributed by atoms with E-state index in [0.29, 0.717) is 19.4 Å². The largest absolute Gasteiger partial charge is 0.463 e. The number of methoxy groups -OCH3 is 1. The normalized spacial score (nSPS) is 11.7. The minimum atomic E-state index is -1.01. The minimum Gasteiger partial charge on any atom is -0.463 e. The van der Waals surface area contributed by atoms with E-state index in [0.717, 1.165) is 25.7 Å². The summed E-state index contributed by atoms with van der Waals surface area (Å²) >= 11 is 0. The van der Waals surface area contributed by atoms with Gasteiger partial charge in [-0.2, -0.15) is 0 Å². The SMILES string of the molecule is COC(=O)NCCCCCCCC(=O)OCC(O)COC(=O)C(C)C. The van der Waals surface area contributed by atoms with Gasteiger partial charge in [0, 0.05) is 13.0 Å². The molecule has 0 aliphatic heterocycles. The summed E-state index contributed by atoms with van der Waals surface area (Å²) in [5.74, 6) is -1.03. The van der Waals surface area contributed by atoms with E-state index in [2.05, 4.69) is 10.1 Å². The molecule has 0 aromatic rings. The lowest BCUT2D eigenvalue weighted by Gasteiger charge is -2.13. The third-order valence-corrected chi connectivity index (χ3v) is 3.34. The third kappa shape index (κ3) is 14.2. The van der Waals surface area contributed by atoms with E-state index >= 15 is 0 Å². The fourth-order valence-corrected chi connectivity index (χ4v) is 1.84. The summed E-state index contributed by atoms with van der Waals surface area (Å²) in [5.41, 5.74) is 0. The summed E-state index contributed by atoms with van der Waals surface area (Å²) in [7, 11) is 1.33. The molecule has 0 saturated carbocycles. The van der Waals surface area contributed by atoms with Gasteiger partial charge in [-0.05, 0) is 12.8 Å². The molecule has 0 fully saturated rings. The van der Waals surface area contributed by atoms with E-state index in [-0.39, 0.29) is 25.1 Å². The van der Waals surface area contributed by atoms with Crippen LogP contribution in [-0.4, -0.2) is 56.1 Å². The Hall–Kier alpha value is -1.83. The van der Waals surface area contributed by atoms with E-state index in [9.17, 15) is 19.5 Å². The van der Waals surface area contributed by atoms with Crippen molar-refractivity contribution in [1.82, 2.24) is 5.32 Å². The molecular formula is C17H31NO7. The maximum absolute atomic E-state index is 11.5. The van der Waals surface area contributed by atoms with E-state index in [1.54, 1.807) is 13.8 Å². The number of amides is 1. The Kier molecular flexibility index (Phi) is 13.4. The van der Waals surface area contributed by atoms with Crippen LogP contribution >= 0.6 is 0 Å². The average Bonchev–Trinajstić information content (AvgIpc) is 2.59. The Bertz CT molecular complexity index is 398. The van der Waals surface area contributed by atoms with E-state index in [4.69, 9.17) is 9.47 Å². The Morgan fingerprint density at radius 1 is 0.960 bits per heavy atom. The standard InChI is InChI=1S/C17H31NO7/c1-13(2)16(21)25-12-14(19)11-24-15(20)9-7-5-4-6-8-10-18-17(22)23-3/h13-14,19H,4-12H2,1-3H3,(H,18,22). The summed E-state index contributed by atoms with van der Waals surface area (Å²) in [6, 6.07) is 0. The highest BCUT2D eigenvalue weighted by Crippen LogP contribution is 2.06. The number of hydrogen-bond donors (Lipinski definition) is 2. The molecule has 25 heavy (non-hydrogen) atoms. The molecule has 0 heterocycles. The number of esters is 2. The average molecular weight is 361 g/mol. The van der Waals surface area contributed by atoms with Crippen LogP contribution in [0.5, 0.6) is 0 Å². The molecule has 2 N–H and O–H groups in total. The van der Waals surface area contributed by atoms with Crippen LogP contribution < -0.4 is 5.32 Å². The minimum absolute atomic E-state index is 0.177. The number of aliphatic hydroxyl groups excluding tert-OH is 1. The number of carbonyl (C=O) groups is 3. The second kappa shape index (κ2) is 14.5. The van der Waals surface area contributed by atoms with Gasteiger partial charge in [-0.15, -0.1) is 0 Å². The maximum Gasteiger partial charge on any atom is 0.406 e. The van der Waals surface area contributed by atoms with Crippen molar-refractivity contribution in [3.63, 3.8) is 0 Å². The summed E-state index contributed by atoms with van der Waals surface area (Å²) in [5, 5.41) is 12.2. The van der Waals surface area contributed by atoms with Gasteiger partial charge in [0.2, 0.25) is 0 Å². The number of nitrogens with one attached hydrogen (secondary N) is 1. The molecule has 0 bridgehead atoms. The van der Waals surface area contributed by atoms with Gasteiger partial charge in [0.1, 0.15) is 19.3 Å². The van der Waals surface area contributed by atoms with Crippen LogP contribution in [-0.2, 0) is 23.8 Å². The maximum atomic E-state index is 11.5.